The van der Waals surface area contributed by atoms with E-state index in [4.69, 9.17) is 4.74 Å². The maximum Gasteiger partial charge on any atom is 0.325 e. The quantitative estimate of drug-likeness (QED) is 0.750. The molecule has 0 aromatic carbocycles. The van der Waals surface area contributed by atoms with E-state index in [-0.39, 0.29) is 18.8 Å². The maximum atomic E-state index is 11.7. The van der Waals surface area contributed by atoms with E-state index in [0.717, 1.165) is 0 Å². The van der Waals surface area contributed by atoms with Crippen molar-refractivity contribution in [1.29, 1.82) is 0 Å². The molecule has 0 radical (unpaired) electrons. The van der Waals surface area contributed by atoms with E-state index in [9.17, 15) is 9.59 Å². The Labute approximate surface area is 98.9 Å². The number of amides is 1. The molecule has 17 heavy (non-hydrogen) atoms. The number of aromatic nitrogens is 1. The molecule has 0 fully saturated rings. The summed E-state index contributed by atoms with van der Waals surface area (Å²) in [5.74, 6) is -0.611. The van der Waals surface area contributed by atoms with Crippen LogP contribution in [0, 0.1) is 0 Å². The third-order valence-electron chi connectivity index (χ3n) is 1.90. The highest BCUT2D eigenvalue weighted by Gasteiger charge is 2.14. The smallest absolute Gasteiger partial charge is 0.325 e. The van der Waals surface area contributed by atoms with Crippen LogP contribution in [0.1, 0.15) is 17.4 Å². The lowest BCUT2D eigenvalue weighted by atomic mass is 10.3. The summed E-state index contributed by atoms with van der Waals surface area (Å²) in [7, 11) is 1.44. The summed E-state index contributed by atoms with van der Waals surface area (Å²) >= 11 is 0. The Morgan fingerprint density at radius 3 is 2.88 bits per heavy atom. The van der Waals surface area contributed by atoms with Crippen molar-refractivity contribution < 1.29 is 19.1 Å². The molecule has 0 saturated carbocycles. The predicted octanol–water partition coefficient (Wildman–Crippen LogP) is 0.383. The second kappa shape index (κ2) is 6.47. The Balaban J connectivity index is 2.61. The number of rotatable bonds is 5. The molecule has 1 aromatic rings. The van der Waals surface area contributed by atoms with Gasteiger partial charge in [-0.05, 0) is 19.1 Å². The largest absolute Gasteiger partial charge is 0.494 e. The van der Waals surface area contributed by atoms with Gasteiger partial charge in [0.1, 0.15) is 12.3 Å². The summed E-state index contributed by atoms with van der Waals surface area (Å²) in [6.07, 6.45) is 1.47. The van der Waals surface area contributed by atoms with Crippen molar-refractivity contribution in [2.75, 3.05) is 20.3 Å². The second-order valence-electron chi connectivity index (χ2n) is 3.04. The Bertz CT molecular complexity index is 406. The lowest BCUT2D eigenvalue weighted by molar-refractivity contribution is -0.141. The van der Waals surface area contributed by atoms with Gasteiger partial charge < -0.3 is 14.8 Å². The first-order valence-corrected chi connectivity index (χ1v) is 5.11. The fourth-order valence-electron chi connectivity index (χ4n) is 1.17. The first-order chi connectivity index (χ1) is 8.19. The molecule has 1 amide bonds. The lowest BCUT2D eigenvalue weighted by Gasteiger charge is -2.07. The van der Waals surface area contributed by atoms with E-state index < -0.39 is 11.9 Å². The van der Waals surface area contributed by atoms with Gasteiger partial charge in [0.05, 0.1) is 13.7 Å². The van der Waals surface area contributed by atoms with Crippen molar-refractivity contribution in [2.24, 2.45) is 0 Å². The topological polar surface area (TPSA) is 77.5 Å². The predicted molar refractivity (Wildman–Crippen MR) is 59.8 cm³/mol. The van der Waals surface area contributed by atoms with Crippen LogP contribution in [-0.2, 0) is 9.53 Å². The van der Waals surface area contributed by atoms with Crippen LogP contribution in [0.4, 0.5) is 0 Å². The van der Waals surface area contributed by atoms with Gasteiger partial charge in [0, 0.05) is 6.20 Å². The summed E-state index contributed by atoms with van der Waals surface area (Å²) in [6.45, 7) is 1.79. The van der Waals surface area contributed by atoms with Crippen molar-refractivity contribution in [3.8, 4) is 5.75 Å². The van der Waals surface area contributed by atoms with Crippen molar-refractivity contribution in [3.05, 3.63) is 24.0 Å². The molecule has 0 bridgehead atoms. The van der Waals surface area contributed by atoms with Crippen LogP contribution in [0.5, 0.6) is 5.75 Å². The van der Waals surface area contributed by atoms with Crippen LogP contribution >= 0.6 is 0 Å². The van der Waals surface area contributed by atoms with E-state index in [0.29, 0.717) is 5.75 Å². The van der Waals surface area contributed by atoms with E-state index >= 15 is 0 Å². The zero-order valence-electron chi connectivity index (χ0n) is 9.73. The lowest BCUT2D eigenvalue weighted by Crippen LogP contribution is -2.31. The van der Waals surface area contributed by atoms with E-state index in [1.165, 1.54) is 13.3 Å². The minimum absolute atomic E-state index is 0.138. The van der Waals surface area contributed by atoms with Gasteiger partial charge in [-0.15, -0.1) is 0 Å². The molecule has 6 heteroatoms. The molecule has 0 spiro atoms. The van der Waals surface area contributed by atoms with Gasteiger partial charge in [0.15, 0.2) is 5.69 Å². The van der Waals surface area contributed by atoms with Crippen LogP contribution in [0.15, 0.2) is 18.3 Å². The van der Waals surface area contributed by atoms with Gasteiger partial charge in [0.25, 0.3) is 5.91 Å². The van der Waals surface area contributed by atoms with Gasteiger partial charge in [-0.3, -0.25) is 9.59 Å². The number of methoxy groups -OCH3 is 1. The van der Waals surface area contributed by atoms with E-state index in [2.05, 4.69) is 15.0 Å². The monoisotopic (exact) mass is 238 g/mol. The number of nitrogens with one attached hydrogen (secondary N) is 1. The van der Waals surface area contributed by atoms with Gasteiger partial charge in [-0.2, -0.15) is 0 Å². The Kier molecular flexibility index (Phi) is 4.93. The third-order valence-corrected chi connectivity index (χ3v) is 1.90. The van der Waals surface area contributed by atoms with Gasteiger partial charge >= 0.3 is 5.97 Å². The van der Waals surface area contributed by atoms with Crippen LogP contribution < -0.4 is 10.1 Å². The zero-order chi connectivity index (χ0) is 12.7. The Morgan fingerprint density at radius 1 is 1.47 bits per heavy atom. The number of carbonyl (C=O) groups excluding carboxylic acids is 2. The second-order valence-corrected chi connectivity index (χ2v) is 3.04. The molecule has 1 rings (SSSR count). The van der Waals surface area contributed by atoms with Crippen molar-refractivity contribution in [2.45, 2.75) is 6.92 Å². The zero-order valence-corrected chi connectivity index (χ0v) is 9.73. The number of carbonyl (C=O) groups is 2. The van der Waals surface area contributed by atoms with Crippen LogP contribution in [0.3, 0.4) is 0 Å². The summed E-state index contributed by atoms with van der Waals surface area (Å²) < 4.78 is 9.66. The maximum absolute atomic E-state index is 11.7. The first-order valence-electron chi connectivity index (χ1n) is 5.11. The SMILES string of the molecule is CCOC(=O)CNC(=O)c1ncccc1OC. The fraction of sp³-hybridized carbons (Fsp3) is 0.364. The highest BCUT2D eigenvalue weighted by Crippen LogP contribution is 2.13. The van der Waals surface area contributed by atoms with Crippen LogP contribution in [0.2, 0.25) is 0 Å². The molecule has 0 aliphatic heterocycles. The molecule has 6 nitrogen and oxygen atoms in total. The van der Waals surface area contributed by atoms with Crippen molar-refractivity contribution in [1.82, 2.24) is 10.3 Å². The third kappa shape index (κ3) is 3.75. The molecule has 1 N–H and O–H groups in total. The van der Waals surface area contributed by atoms with Gasteiger partial charge in [-0.25, -0.2) is 4.98 Å². The molecule has 0 unspecified atom stereocenters. The summed E-state index contributed by atoms with van der Waals surface area (Å²) in [5.41, 5.74) is 0.138. The molecule has 0 aliphatic carbocycles. The Morgan fingerprint density at radius 2 is 2.24 bits per heavy atom. The minimum atomic E-state index is -0.490. The van der Waals surface area contributed by atoms with Gasteiger partial charge in [0.2, 0.25) is 0 Å². The number of esters is 1. The molecule has 0 saturated heterocycles. The molecule has 1 heterocycles. The average molecular weight is 238 g/mol. The number of nitrogens with zero attached hydrogens (tertiary/aromatic N) is 1. The molecular formula is C11H14N2O4. The molecule has 1 aromatic heterocycles. The number of pyridine rings is 1. The number of ether oxygens (including phenoxy) is 2. The molecule has 0 atom stereocenters. The number of hydrogen-bond acceptors (Lipinski definition) is 5. The summed E-state index contributed by atoms with van der Waals surface area (Å²) in [6, 6.07) is 3.27. The minimum Gasteiger partial charge on any atom is -0.494 e. The van der Waals surface area contributed by atoms with Crippen molar-refractivity contribution in [3.63, 3.8) is 0 Å². The molecule has 92 valence electrons. The average Bonchev–Trinajstić information content (AvgIpc) is 2.36. The summed E-state index contributed by atoms with van der Waals surface area (Å²) in [5, 5.41) is 2.40. The van der Waals surface area contributed by atoms with Crippen molar-refractivity contribution >= 4 is 11.9 Å². The summed E-state index contributed by atoms with van der Waals surface area (Å²) in [4.78, 5) is 26.6. The highest BCUT2D eigenvalue weighted by molar-refractivity contribution is 5.96. The van der Waals surface area contributed by atoms with Gasteiger partial charge in [-0.1, -0.05) is 0 Å². The standard InChI is InChI=1S/C11H14N2O4/c1-3-17-9(14)7-13-11(15)10-8(16-2)5-4-6-12-10/h4-6H,3,7H2,1-2H3,(H,13,15). The van der Waals surface area contributed by atoms with Crippen LogP contribution in [-0.4, -0.2) is 37.1 Å². The normalized spacial score (nSPS) is 9.53. The molecule has 0 aliphatic rings. The fourth-order valence-corrected chi connectivity index (χ4v) is 1.17. The van der Waals surface area contributed by atoms with E-state index in [1.807, 2.05) is 0 Å². The van der Waals surface area contributed by atoms with E-state index in [1.54, 1.807) is 19.1 Å². The highest BCUT2D eigenvalue weighted by atomic mass is 16.5. The number of hydrogen-bond donors (Lipinski definition) is 1. The first kappa shape index (κ1) is 13.0. The van der Waals surface area contributed by atoms with Crippen LogP contribution in [0.25, 0.3) is 0 Å². The molecular weight excluding hydrogens is 224 g/mol. The Hall–Kier alpha value is -2.11.